The molecule has 1 amide bonds. The minimum Gasteiger partial charge on any atom is -0.351 e. The van der Waals surface area contributed by atoms with Crippen LogP contribution in [-0.4, -0.2) is 17.4 Å². The lowest BCUT2D eigenvalue weighted by Gasteiger charge is -2.03. The Kier molecular flexibility index (Phi) is 3.66. The molecule has 3 nitrogen and oxygen atoms in total. The van der Waals surface area contributed by atoms with E-state index in [0.717, 1.165) is 6.42 Å². The summed E-state index contributed by atoms with van der Waals surface area (Å²) in [6.07, 6.45) is 2.44. The van der Waals surface area contributed by atoms with Crippen LogP contribution in [0.4, 0.5) is 0 Å². The molecule has 0 bridgehead atoms. The molecule has 2 rings (SSSR count). The Labute approximate surface area is 98.2 Å². The molecule has 4 heteroatoms. The highest BCUT2D eigenvalue weighted by molar-refractivity contribution is 7.11. The summed E-state index contributed by atoms with van der Waals surface area (Å²) in [6.45, 7) is 0.654. The van der Waals surface area contributed by atoms with Crippen LogP contribution in [0.5, 0.6) is 0 Å². The van der Waals surface area contributed by atoms with Gasteiger partial charge in [0, 0.05) is 6.54 Å². The van der Waals surface area contributed by atoms with Crippen LogP contribution in [0, 0.1) is 0 Å². The zero-order valence-corrected chi connectivity index (χ0v) is 9.54. The van der Waals surface area contributed by atoms with Gasteiger partial charge in [0.05, 0.1) is 11.7 Å². The van der Waals surface area contributed by atoms with Crippen molar-refractivity contribution in [2.45, 2.75) is 6.42 Å². The minimum absolute atomic E-state index is 0.0431. The lowest BCUT2D eigenvalue weighted by atomic mass is 10.1. The Hall–Kier alpha value is -1.68. The van der Waals surface area contributed by atoms with Gasteiger partial charge in [0.25, 0.3) is 5.91 Å². The van der Waals surface area contributed by atoms with Crippen LogP contribution in [0.15, 0.2) is 42.0 Å². The second-order valence-electron chi connectivity index (χ2n) is 3.36. The fraction of sp³-hybridized carbons (Fsp3) is 0.167. The summed E-state index contributed by atoms with van der Waals surface area (Å²) in [5.41, 5.74) is 2.89. The van der Waals surface area contributed by atoms with Crippen LogP contribution in [-0.2, 0) is 6.42 Å². The lowest BCUT2D eigenvalue weighted by molar-refractivity contribution is 0.0958. The SMILES string of the molecule is O=C(NCCc1ccccc1)c1cncs1. The summed E-state index contributed by atoms with van der Waals surface area (Å²) in [7, 11) is 0. The average Bonchev–Trinajstić information content (AvgIpc) is 2.84. The van der Waals surface area contributed by atoms with Gasteiger partial charge in [-0.1, -0.05) is 30.3 Å². The number of benzene rings is 1. The molecular formula is C12H12N2OS. The van der Waals surface area contributed by atoms with E-state index in [-0.39, 0.29) is 5.91 Å². The number of hydrogen-bond acceptors (Lipinski definition) is 3. The van der Waals surface area contributed by atoms with E-state index < -0.39 is 0 Å². The molecule has 1 N–H and O–H groups in total. The number of rotatable bonds is 4. The number of carbonyl (C=O) groups excluding carboxylic acids is 1. The predicted octanol–water partition coefficient (Wildman–Crippen LogP) is 2.12. The number of aromatic nitrogens is 1. The number of hydrogen-bond donors (Lipinski definition) is 1. The predicted molar refractivity (Wildman–Crippen MR) is 64.6 cm³/mol. The van der Waals surface area contributed by atoms with Crippen molar-refractivity contribution in [1.29, 1.82) is 0 Å². The van der Waals surface area contributed by atoms with Gasteiger partial charge in [-0.25, -0.2) is 0 Å². The zero-order valence-electron chi connectivity index (χ0n) is 8.72. The molecule has 0 spiro atoms. The van der Waals surface area contributed by atoms with E-state index in [0.29, 0.717) is 11.4 Å². The molecule has 82 valence electrons. The molecule has 0 aliphatic heterocycles. The maximum Gasteiger partial charge on any atom is 0.263 e. The van der Waals surface area contributed by atoms with Crippen molar-refractivity contribution < 1.29 is 4.79 Å². The van der Waals surface area contributed by atoms with Crippen LogP contribution >= 0.6 is 11.3 Å². The van der Waals surface area contributed by atoms with Crippen LogP contribution in [0.2, 0.25) is 0 Å². The topological polar surface area (TPSA) is 42.0 Å². The smallest absolute Gasteiger partial charge is 0.263 e. The molecule has 1 aromatic carbocycles. The zero-order chi connectivity index (χ0) is 11.2. The molecule has 0 aliphatic carbocycles. The Morgan fingerprint density at radius 3 is 2.81 bits per heavy atom. The Balaban J connectivity index is 1.79. The fourth-order valence-corrected chi connectivity index (χ4v) is 1.92. The highest BCUT2D eigenvalue weighted by atomic mass is 32.1. The first-order valence-corrected chi connectivity index (χ1v) is 5.95. The monoisotopic (exact) mass is 232 g/mol. The molecule has 1 heterocycles. The highest BCUT2D eigenvalue weighted by Gasteiger charge is 2.05. The van der Waals surface area contributed by atoms with Crippen LogP contribution in [0.3, 0.4) is 0 Å². The number of thiazole rings is 1. The molecule has 0 atom stereocenters. The fourth-order valence-electron chi connectivity index (χ4n) is 1.38. The Morgan fingerprint density at radius 1 is 1.31 bits per heavy atom. The maximum absolute atomic E-state index is 11.6. The second kappa shape index (κ2) is 5.42. The van der Waals surface area contributed by atoms with Gasteiger partial charge in [-0.15, -0.1) is 11.3 Å². The molecule has 0 aliphatic rings. The lowest BCUT2D eigenvalue weighted by Crippen LogP contribution is -2.24. The van der Waals surface area contributed by atoms with Crippen molar-refractivity contribution in [2.75, 3.05) is 6.54 Å². The van der Waals surface area contributed by atoms with Gasteiger partial charge in [-0.2, -0.15) is 0 Å². The van der Waals surface area contributed by atoms with Crippen molar-refractivity contribution in [3.63, 3.8) is 0 Å². The van der Waals surface area contributed by atoms with Gasteiger partial charge in [-0.05, 0) is 12.0 Å². The molecule has 0 saturated carbocycles. The summed E-state index contributed by atoms with van der Waals surface area (Å²) in [4.78, 5) is 16.1. The van der Waals surface area contributed by atoms with Gasteiger partial charge in [0.2, 0.25) is 0 Å². The normalized spacial score (nSPS) is 10.0. The maximum atomic E-state index is 11.6. The second-order valence-corrected chi connectivity index (χ2v) is 4.24. The molecule has 0 saturated heterocycles. The van der Waals surface area contributed by atoms with Crippen molar-refractivity contribution in [3.8, 4) is 0 Å². The Bertz CT molecular complexity index is 439. The molecule has 1 aromatic heterocycles. The van der Waals surface area contributed by atoms with Crippen molar-refractivity contribution in [1.82, 2.24) is 10.3 Å². The third-order valence-electron chi connectivity index (χ3n) is 2.20. The van der Waals surface area contributed by atoms with E-state index in [1.54, 1.807) is 11.7 Å². The summed E-state index contributed by atoms with van der Waals surface area (Å²) in [5, 5.41) is 2.87. The van der Waals surface area contributed by atoms with E-state index in [2.05, 4.69) is 22.4 Å². The standard InChI is InChI=1S/C12H12N2OS/c15-12(11-8-13-9-16-11)14-7-6-10-4-2-1-3-5-10/h1-5,8-9H,6-7H2,(H,14,15). The summed E-state index contributed by atoms with van der Waals surface area (Å²) in [6, 6.07) is 10.1. The van der Waals surface area contributed by atoms with Crippen molar-refractivity contribution in [2.24, 2.45) is 0 Å². The van der Waals surface area contributed by atoms with E-state index in [4.69, 9.17) is 0 Å². The summed E-state index contributed by atoms with van der Waals surface area (Å²) < 4.78 is 0. The van der Waals surface area contributed by atoms with Crippen molar-refractivity contribution in [3.05, 3.63) is 52.5 Å². The molecule has 0 fully saturated rings. The van der Waals surface area contributed by atoms with E-state index in [1.807, 2.05) is 18.2 Å². The first-order valence-electron chi connectivity index (χ1n) is 5.07. The average molecular weight is 232 g/mol. The third kappa shape index (κ3) is 2.90. The van der Waals surface area contributed by atoms with Gasteiger partial charge in [-0.3, -0.25) is 9.78 Å². The highest BCUT2D eigenvalue weighted by Crippen LogP contribution is 2.04. The van der Waals surface area contributed by atoms with E-state index in [9.17, 15) is 4.79 Å². The molecular weight excluding hydrogens is 220 g/mol. The Morgan fingerprint density at radius 2 is 2.12 bits per heavy atom. The van der Waals surface area contributed by atoms with Crippen LogP contribution < -0.4 is 5.32 Å². The summed E-state index contributed by atoms with van der Waals surface area (Å²) >= 11 is 1.35. The van der Waals surface area contributed by atoms with E-state index in [1.165, 1.54) is 16.9 Å². The first-order chi connectivity index (χ1) is 7.86. The summed E-state index contributed by atoms with van der Waals surface area (Å²) in [5.74, 6) is -0.0431. The molecule has 0 unspecified atom stereocenters. The van der Waals surface area contributed by atoms with Crippen LogP contribution in [0.25, 0.3) is 0 Å². The third-order valence-corrected chi connectivity index (χ3v) is 2.97. The molecule has 16 heavy (non-hydrogen) atoms. The minimum atomic E-state index is -0.0431. The largest absolute Gasteiger partial charge is 0.351 e. The van der Waals surface area contributed by atoms with Gasteiger partial charge in [0.1, 0.15) is 4.88 Å². The van der Waals surface area contributed by atoms with Crippen molar-refractivity contribution >= 4 is 17.2 Å². The van der Waals surface area contributed by atoms with Gasteiger partial charge >= 0.3 is 0 Å². The number of nitrogens with zero attached hydrogens (tertiary/aromatic N) is 1. The quantitative estimate of drug-likeness (QED) is 0.877. The van der Waals surface area contributed by atoms with Gasteiger partial charge in [0.15, 0.2) is 0 Å². The van der Waals surface area contributed by atoms with Crippen LogP contribution in [0.1, 0.15) is 15.2 Å². The number of carbonyl (C=O) groups is 1. The molecule has 0 radical (unpaired) electrons. The first kappa shape index (κ1) is 10.8. The van der Waals surface area contributed by atoms with E-state index >= 15 is 0 Å². The number of amides is 1. The number of nitrogens with one attached hydrogen (secondary N) is 1. The molecule has 2 aromatic rings. The van der Waals surface area contributed by atoms with Gasteiger partial charge < -0.3 is 5.32 Å².